The molecule has 0 saturated carbocycles. The molecule has 7 heteroatoms. The molecule has 0 aliphatic carbocycles. The Labute approximate surface area is 151 Å². The molecule has 0 radical (unpaired) electrons. The standard InChI is InChI=1S/C18H21N5OS/c1-22(2)18-19-11-14(25-18)12-23-10-6-9-15(23)17-20-16(21-24-17)13-7-4-3-5-8-13/h3-5,7-8,11,15H,6,9-10,12H2,1-2H3/t15-/m1/s1. The molecule has 3 aromatic rings. The van der Waals surface area contributed by atoms with E-state index in [1.807, 2.05) is 55.5 Å². The summed E-state index contributed by atoms with van der Waals surface area (Å²) in [6, 6.07) is 10.1. The minimum atomic E-state index is 0.190. The summed E-state index contributed by atoms with van der Waals surface area (Å²) in [7, 11) is 4.04. The van der Waals surface area contributed by atoms with Crippen LogP contribution >= 0.6 is 11.3 Å². The third-order valence-electron chi connectivity index (χ3n) is 4.41. The summed E-state index contributed by atoms with van der Waals surface area (Å²) in [4.78, 5) is 14.8. The zero-order valence-electron chi connectivity index (χ0n) is 14.4. The number of hydrogen-bond donors (Lipinski definition) is 0. The maximum Gasteiger partial charge on any atom is 0.244 e. The van der Waals surface area contributed by atoms with Crippen LogP contribution in [0.1, 0.15) is 29.7 Å². The van der Waals surface area contributed by atoms with Gasteiger partial charge in [0.05, 0.1) is 6.04 Å². The highest BCUT2D eigenvalue weighted by molar-refractivity contribution is 7.15. The van der Waals surface area contributed by atoms with Gasteiger partial charge in [-0.25, -0.2) is 4.98 Å². The summed E-state index contributed by atoms with van der Waals surface area (Å²) >= 11 is 1.73. The van der Waals surface area contributed by atoms with E-state index in [-0.39, 0.29) is 6.04 Å². The maximum absolute atomic E-state index is 5.59. The van der Waals surface area contributed by atoms with Crippen molar-refractivity contribution in [3.05, 3.63) is 47.3 Å². The number of rotatable bonds is 5. The smallest absolute Gasteiger partial charge is 0.244 e. The first-order valence-electron chi connectivity index (χ1n) is 8.46. The fraction of sp³-hybridized carbons (Fsp3) is 0.389. The topological polar surface area (TPSA) is 58.3 Å². The van der Waals surface area contributed by atoms with E-state index in [0.717, 1.165) is 36.6 Å². The van der Waals surface area contributed by atoms with Crippen molar-refractivity contribution in [2.45, 2.75) is 25.4 Å². The third kappa shape index (κ3) is 3.43. The van der Waals surface area contributed by atoms with Crippen molar-refractivity contribution < 1.29 is 4.52 Å². The Balaban J connectivity index is 1.50. The van der Waals surface area contributed by atoms with Gasteiger partial charge in [0.25, 0.3) is 0 Å². The highest BCUT2D eigenvalue weighted by atomic mass is 32.1. The summed E-state index contributed by atoms with van der Waals surface area (Å²) in [6.07, 6.45) is 4.17. The Morgan fingerprint density at radius 3 is 2.88 bits per heavy atom. The fourth-order valence-electron chi connectivity index (χ4n) is 3.15. The predicted octanol–water partition coefficient (Wildman–Crippen LogP) is 3.60. The Morgan fingerprint density at radius 1 is 1.28 bits per heavy atom. The lowest BCUT2D eigenvalue weighted by molar-refractivity contribution is 0.202. The van der Waals surface area contributed by atoms with Crippen molar-refractivity contribution in [1.82, 2.24) is 20.0 Å². The molecule has 0 bridgehead atoms. The van der Waals surface area contributed by atoms with E-state index in [0.29, 0.717) is 11.7 Å². The first-order chi connectivity index (χ1) is 12.2. The average Bonchev–Trinajstić information content (AvgIpc) is 3.36. The van der Waals surface area contributed by atoms with Crippen molar-refractivity contribution >= 4 is 16.5 Å². The number of hydrogen-bond acceptors (Lipinski definition) is 7. The summed E-state index contributed by atoms with van der Waals surface area (Å²) in [5, 5.41) is 5.21. The molecule has 0 unspecified atom stereocenters. The van der Waals surface area contributed by atoms with Gasteiger partial charge in [-0.15, -0.1) is 11.3 Å². The average molecular weight is 355 g/mol. The van der Waals surface area contributed by atoms with Crippen LogP contribution in [0.3, 0.4) is 0 Å². The monoisotopic (exact) mass is 355 g/mol. The van der Waals surface area contributed by atoms with Crippen LogP contribution in [-0.4, -0.2) is 40.7 Å². The van der Waals surface area contributed by atoms with Gasteiger partial charge in [-0.2, -0.15) is 4.98 Å². The second-order valence-electron chi connectivity index (χ2n) is 6.45. The van der Waals surface area contributed by atoms with Crippen molar-refractivity contribution in [3.8, 4) is 11.4 Å². The normalized spacial score (nSPS) is 17.9. The molecule has 1 aliphatic rings. The Morgan fingerprint density at radius 2 is 2.12 bits per heavy atom. The lowest BCUT2D eigenvalue weighted by Crippen LogP contribution is -2.22. The molecule has 0 N–H and O–H groups in total. The summed E-state index contributed by atoms with van der Waals surface area (Å²) in [6.45, 7) is 1.92. The van der Waals surface area contributed by atoms with Crippen molar-refractivity contribution in [1.29, 1.82) is 0 Å². The van der Waals surface area contributed by atoms with Gasteiger partial charge in [0.1, 0.15) is 0 Å². The van der Waals surface area contributed by atoms with Gasteiger partial charge < -0.3 is 9.42 Å². The van der Waals surface area contributed by atoms with E-state index in [9.17, 15) is 0 Å². The van der Waals surface area contributed by atoms with E-state index >= 15 is 0 Å². The Hall–Kier alpha value is -2.25. The van der Waals surface area contributed by atoms with E-state index < -0.39 is 0 Å². The SMILES string of the molecule is CN(C)c1ncc(CN2CCC[C@@H]2c2nc(-c3ccccc3)no2)s1. The molecular weight excluding hydrogens is 334 g/mol. The molecular formula is C18H21N5OS. The van der Waals surface area contributed by atoms with E-state index in [1.165, 1.54) is 4.88 Å². The molecule has 0 spiro atoms. The second kappa shape index (κ2) is 6.93. The Kier molecular flexibility index (Phi) is 4.50. The summed E-state index contributed by atoms with van der Waals surface area (Å²) in [5.74, 6) is 1.38. The number of aromatic nitrogens is 3. The minimum Gasteiger partial charge on any atom is -0.354 e. The fourth-order valence-corrected chi connectivity index (χ4v) is 4.01. The maximum atomic E-state index is 5.59. The molecule has 25 heavy (non-hydrogen) atoms. The number of likely N-dealkylation sites (tertiary alicyclic amines) is 1. The van der Waals surface area contributed by atoms with Crippen molar-refractivity contribution in [2.75, 3.05) is 25.5 Å². The second-order valence-corrected chi connectivity index (χ2v) is 7.55. The molecule has 0 amide bonds. The van der Waals surface area contributed by atoms with Crippen LogP contribution in [0.5, 0.6) is 0 Å². The number of anilines is 1. The number of thiazole rings is 1. The van der Waals surface area contributed by atoms with Crippen LogP contribution in [0.2, 0.25) is 0 Å². The van der Waals surface area contributed by atoms with Crippen LogP contribution < -0.4 is 4.90 Å². The molecule has 1 aromatic carbocycles. The molecule has 2 aromatic heterocycles. The van der Waals surface area contributed by atoms with Crippen molar-refractivity contribution in [3.63, 3.8) is 0 Å². The zero-order valence-corrected chi connectivity index (χ0v) is 15.2. The number of nitrogens with zero attached hydrogens (tertiary/aromatic N) is 5. The van der Waals surface area contributed by atoms with Gasteiger partial charge in [-0.1, -0.05) is 35.5 Å². The van der Waals surface area contributed by atoms with Crippen LogP contribution in [0, 0.1) is 0 Å². The molecule has 3 heterocycles. The summed E-state index contributed by atoms with van der Waals surface area (Å²) in [5.41, 5.74) is 0.986. The summed E-state index contributed by atoms with van der Waals surface area (Å²) < 4.78 is 5.59. The van der Waals surface area contributed by atoms with E-state index in [4.69, 9.17) is 4.52 Å². The molecule has 1 aliphatic heterocycles. The minimum absolute atomic E-state index is 0.190. The molecule has 130 valence electrons. The van der Waals surface area contributed by atoms with Crippen LogP contribution in [-0.2, 0) is 6.54 Å². The lowest BCUT2D eigenvalue weighted by Gasteiger charge is -2.20. The predicted molar refractivity (Wildman–Crippen MR) is 98.6 cm³/mol. The van der Waals surface area contributed by atoms with Crippen LogP contribution in [0.25, 0.3) is 11.4 Å². The van der Waals surface area contributed by atoms with Gasteiger partial charge in [0, 0.05) is 37.3 Å². The highest BCUT2D eigenvalue weighted by Crippen LogP contribution is 2.34. The van der Waals surface area contributed by atoms with E-state index in [1.54, 1.807) is 11.3 Å². The quantitative estimate of drug-likeness (QED) is 0.697. The first kappa shape index (κ1) is 16.2. The van der Waals surface area contributed by atoms with E-state index in [2.05, 4.69) is 20.0 Å². The largest absolute Gasteiger partial charge is 0.354 e. The van der Waals surface area contributed by atoms with Gasteiger partial charge in [-0.3, -0.25) is 4.90 Å². The van der Waals surface area contributed by atoms with Gasteiger partial charge >= 0.3 is 0 Å². The molecule has 6 nitrogen and oxygen atoms in total. The molecule has 1 atom stereocenters. The molecule has 4 rings (SSSR count). The molecule has 1 fully saturated rings. The lowest BCUT2D eigenvalue weighted by atomic mass is 10.2. The van der Waals surface area contributed by atoms with Crippen LogP contribution in [0.15, 0.2) is 41.1 Å². The molecule has 1 saturated heterocycles. The Bertz CT molecular complexity index is 829. The van der Waals surface area contributed by atoms with Crippen molar-refractivity contribution in [2.24, 2.45) is 0 Å². The zero-order chi connectivity index (χ0) is 17.2. The van der Waals surface area contributed by atoms with Crippen LogP contribution in [0.4, 0.5) is 5.13 Å². The first-order valence-corrected chi connectivity index (χ1v) is 9.27. The van der Waals surface area contributed by atoms with Gasteiger partial charge in [-0.05, 0) is 19.4 Å². The number of benzene rings is 1. The third-order valence-corrected chi connectivity index (χ3v) is 5.56. The highest BCUT2D eigenvalue weighted by Gasteiger charge is 2.31. The van der Waals surface area contributed by atoms with Gasteiger partial charge in [0.15, 0.2) is 5.13 Å². The van der Waals surface area contributed by atoms with Gasteiger partial charge in [0.2, 0.25) is 11.7 Å².